The quantitative estimate of drug-likeness (QED) is 0.524. The van der Waals surface area contributed by atoms with Crippen LogP contribution in [0.4, 0.5) is 0 Å². The molecule has 1 aliphatic heterocycles. The van der Waals surface area contributed by atoms with Gasteiger partial charge in [0.25, 0.3) is 0 Å². The highest BCUT2D eigenvalue weighted by molar-refractivity contribution is 14.1. The third kappa shape index (κ3) is 2.29. The highest BCUT2D eigenvalue weighted by atomic mass is 127. The van der Waals surface area contributed by atoms with Gasteiger partial charge in [0.15, 0.2) is 0 Å². The van der Waals surface area contributed by atoms with Crippen LogP contribution in [0.15, 0.2) is 7.16 Å². The van der Waals surface area contributed by atoms with E-state index in [0.717, 1.165) is 6.61 Å². The third-order valence-corrected chi connectivity index (χ3v) is 6.79. The van der Waals surface area contributed by atoms with Crippen molar-refractivity contribution < 1.29 is 4.74 Å². The Bertz CT molecular complexity index is 240. The monoisotopic (exact) mass is 418 g/mol. The topological polar surface area (TPSA) is 9.23 Å². The molecule has 2 rings (SSSR count). The standard InChI is InChI=1S/C11H16I2O/c12-9-8-14-11(10(9)13)6-4-2-1-3-5-7-11/h1-8H2. The average molecular weight is 418 g/mol. The SMILES string of the molecule is IC1=C(I)C2(CCCCCCC2)OC1. The van der Waals surface area contributed by atoms with Gasteiger partial charge in [-0.05, 0) is 58.0 Å². The van der Waals surface area contributed by atoms with Gasteiger partial charge in [-0.25, -0.2) is 0 Å². The van der Waals surface area contributed by atoms with Crippen molar-refractivity contribution >= 4 is 45.2 Å². The molecule has 0 radical (unpaired) electrons. The first-order valence-electron chi connectivity index (χ1n) is 5.43. The lowest BCUT2D eigenvalue weighted by molar-refractivity contribution is 0.00421. The smallest absolute Gasteiger partial charge is 0.1000 e. The van der Waals surface area contributed by atoms with Crippen molar-refractivity contribution in [1.82, 2.24) is 0 Å². The van der Waals surface area contributed by atoms with Crippen LogP contribution in [0, 0.1) is 0 Å². The van der Waals surface area contributed by atoms with E-state index in [1.54, 1.807) is 0 Å². The highest BCUT2D eigenvalue weighted by Gasteiger charge is 2.39. The molecule has 1 aliphatic carbocycles. The second-order valence-electron chi connectivity index (χ2n) is 4.27. The van der Waals surface area contributed by atoms with Crippen molar-refractivity contribution in [2.45, 2.75) is 50.5 Å². The molecule has 0 unspecified atom stereocenters. The van der Waals surface area contributed by atoms with Gasteiger partial charge in [0, 0.05) is 7.16 Å². The van der Waals surface area contributed by atoms with Crippen LogP contribution in [0.3, 0.4) is 0 Å². The van der Waals surface area contributed by atoms with Gasteiger partial charge in [-0.2, -0.15) is 0 Å². The number of rotatable bonds is 0. The van der Waals surface area contributed by atoms with E-state index in [2.05, 4.69) is 45.2 Å². The molecule has 14 heavy (non-hydrogen) atoms. The van der Waals surface area contributed by atoms with Crippen LogP contribution in [-0.4, -0.2) is 12.2 Å². The molecular weight excluding hydrogens is 402 g/mol. The first kappa shape index (κ1) is 11.6. The largest absolute Gasteiger partial charge is 0.365 e. The average Bonchev–Trinajstić information content (AvgIpc) is 2.41. The summed E-state index contributed by atoms with van der Waals surface area (Å²) >= 11 is 4.95. The Morgan fingerprint density at radius 3 is 2.00 bits per heavy atom. The number of halogens is 2. The lowest BCUT2D eigenvalue weighted by Gasteiger charge is -2.31. The maximum absolute atomic E-state index is 6.05. The molecule has 0 amide bonds. The second-order valence-corrected chi connectivity index (χ2v) is 6.65. The zero-order valence-electron chi connectivity index (χ0n) is 8.32. The molecule has 1 spiro atoms. The summed E-state index contributed by atoms with van der Waals surface area (Å²) in [5.41, 5.74) is 0.136. The minimum Gasteiger partial charge on any atom is -0.365 e. The van der Waals surface area contributed by atoms with Crippen molar-refractivity contribution in [2.75, 3.05) is 6.61 Å². The van der Waals surface area contributed by atoms with Crippen molar-refractivity contribution in [2.24, 2.45) is 0 Å². The molecule has 0 bridgehead atoms. The molecule has 0 aromatic carbocycles. The van der Waals surface area contributed by atoms with Crippen molar-refractivity contribution in [3.63, 3.8) is 0 Å². The minimum absolute atomic E-state index is 0.136. The lowest BCUT2D eigenvalue weighted by Crippen LogP contribution is -2.30. The fraction of sp³-hybridized carbons (Fsp3) is 0.818. The van der Waals surface area contributed by atoms with Crippen LogP contribution in [0.25, 0.3) is 0 Å². The summed E-state index contributed by atoms with van der Waals surface area (Å²) in [5, 5.41) is 0. The first-order chi connectivity index (χ1) is 6.75. The number of hydrogen-bond donors (Lipinski definition) is 0. The lowest BCUT2D eigenvalue weighted by atomic mass is 9.87. The minimum atomic E-state index is 0.136. The van der Waals surface area contributed by atoms with Gasteiger partial charge in [0.1, 0.15) is 0 Å². The van der Waals surface area contributed by atoms with Gasteiger partial charge in [-0.15, -0.1) is 0 Å². The molecule has 1 heterocycles. The number of hydrogen-bond acceptors (Lipinski definition) is 1. The zero-order chi connectivity index (χ0) is 10.0. The molecule has 1 saturated carbocycles. The molecule has 2 aliphatic rings. The molecule has 0 atom stereocenters. The summed E-state index contributed by atoms with van der Waals surface area (Å²) in [4.78, 5) is 0. The fourth-order valence-electron chi connectivity index (χ4n) is 2.42. The third-order valence-electron chi connectivity index (χ3n) is 3.27. The zero-order valence-corrected chi connectivity index (χ0v) is 12.6. The van der Waals surface area contributed by atoms with E-state index >= 15 is 0 Å². The molecule has 0 saturated heterocycles. The maximum Gasteiger partial charge on any atom is 0.1000 e. The Morgan fingerprint density at radius 1 is 0.929 bits per heavy atom. The van der Waals surface area contributed by atoms with Crippen molar-refractivity contribution in [3.8, 4) is 0 Å². The molecule has 0 aromatic rings. The summed E-state index contributed by atoms with van der Waals surface area (Å²) < 4.78 is 8.98. The van der Waals surface area contributed by atoms with E-state index in [-0.39, 0.29) is 5.60 Å². The van der Waals surface area contributed by atoms with Crippen LogP contribution in [0.1, 0.15) is 44.9 Å². The molecule has 3 heteroatoms. The summed E-state index contributed by atoms with van der Waals surface area (Å²) in [5.74, 6) is 0. The number of ether oxygens (including phenoxy) is 1. The van der Waals surface area contributed by atoms with Gasteiger partial charge >= 0.3 is 0 Å². The highest BCUT2D eigenvalue weighted by Crippen LogP contribution is 2.46. The summed E-state index contributed by atoms with van der Waals surface area (Å²) in [7, 11) is 0. The predicted octanol–water partition coefficient (Wildman–Crippen LogP) is 4.58. The van der Waals surface area contributed by atoms with Crippen molar-refractivity contribution in [3.05, 3.63) is 7.16 Å². The van der Waals surface area contributed by atoms with E-state index in [1.807, 2.05) is 0 Å². The van der Waals surface area contributed by atoms with E-state index in [4.69, 9.17) is 4.74 Å². The Morgan fingerprint density at radius 2 is 1.50 bits per heavy atom. The molecular formula is C11H16I2O. The van der Waals surface area contributed by atoms with Gasteiger partial charge < -0.3 is 4.74 Å². The Kier molecular flexibility index (Phi) is 4.15. The Labute approximate surface area is 113 Å². The first-order valence-corrected chi connectivity index (χ1v) is 7.59. The van der Waals surface area contributed by atoms with Gasteiger partial charge in [-0.3, -0.25) is 0 Å². The van der Waals surface area contributed by atoms with Crippen LogP contribution < -0.4 is 0 Å². The summed E-state index contributed by atoms with van der Waals surface area (Å²) in [6.45, 7) is 0.860. The summed E-state index contributed by atoms with van der Waals surface area (Å²) in [6, 6.07) is 0. The van der Waals surface area contributed by atoms with E-state index in [1.165, 1.54) is 52.1 Å². The van der Waals surface area contributed by atoms with Gasteiger partial charge in [0.05, 0.1) is 12.2 Å². The van der Waals surface area contributed by atoms with Gasteiger partial charge in [-0.1, -0.05) is 32.1 Å². The Balaban J connectivity index is 2.12. The van der Waals surface area contributed by atoms with E-state index < -0.39 is 0 Å². The van der Waals surface area contributed by atoms with Crippen molar-refractivity contribution in [1.29, 1.82) is 0 Å². The van der Waals surface area contributed by atoms with Crippen LogP contribution in [-0.2, 0) is 4.74 Å². The van der Waals surface area contributed by atoms with Gasteiger partial charge in [0.2, 0.25) is 0 Å². The van der Waals surface area contributed by atoms with Crippen LogP contribution in [0.5, 0.6) is 0 Å². The second kappa shape index (κ2) is 4.99. The molecule has 1 fully saturated rings. The molecule has 1 nitrogen and oxygen atoms in total. The normalized spacial score (nSPS) is 27.9. The summed E-state index contributed by atoms with van der Waals surface area (Å²) in [6.07, 6.45) is 9.40. The van der Waals surface area contributed by atoms with Crippen LogP contribution >= 0.6 is 45.2 Å². The molecule has 0 aromatic heterocycles. The van der Waals surface area contributed by atoms with E-state index in [0.29, 0.717) is 0 Å². The maximum atomic E-state index is 6.05. The van der Waals surface area contributed by atoms with Crippen LogP contribution in [0.2, 0.25) is 0 Å². The van der Waals surface area contributed by atoms with E-state index in [9.17, 15) is 0 Å². The fourth-order valence-corrected chi connectivity index (χ4v) is 3.91. The molecule has 80 valence electrons. The predicted molar refractivity (Wildman–Crippen MR) is 76.1 cm³/mol. The molecule has 0 N–H and O–H groups in total. The Hall–Kier alpha value is 1.16.